The average molecular weight is 966 g/mol. The van der Waals surface area contributed by atoms with Crippen molar-refractivity contribution in [3.8, 4) is 0 Å². The van der Waals surface area contributed by atoms with E-state index in [0.717, 1.165) is 0 Å². The van der Waals surface area contributed by atoms with E-state index in [1.54, 1.807) is 27.7 Å². The zero-order valence-electron chi connectivity index (χ0n) is 39.2. The first-order valence-electron chi connectivity index (χ1n) is 22.2. The number of hydrogen-bond donors (Lipinski definition) is 15. The molecule has 0 radical (unpaired) electrons. The second-order valence-electron chi connectivity index (χ2n) is 17.0. The largest absolute Gasteiger partial charge is 0.481 e. The van der Waals surface area contributed by atoms with Gasteiger partial charge in [-0.25, -0.2) is 9.78 Å². The minimum Gasteiger partial charge on any atom is -0.481 e. The van der Waals surface area contributed by atoms with E-state index in [0.29, 0.717) is 18.5 Å². The molecule has 68 heavy (non-hydrogen) atoms. The van der Waals surface area contributed by atoms with E-state index in [2.05, 4.69) is 52.2 Å². The molecule has 0 saturated carbocycles. The van der Waals surface area contributed by atoms with Crippen LogP contribution in [0.25, 0.3) is 0 Å². The van der Waals surface area contributed by atoms with Crippen LogP contribution >= 0.6 is 0 Å². The number of carboxylic acids is 2. The molecule has 27 nitrogen and oxygen atoms in total. The highest BCUT2D eigenvalue weighted by atomic mass is 16.4. The van der Waals surface area contributed by atoms with Gasteiger partial charge in [-0.1, -0.05) is 27.7 Å². The molecule has 1 heterocycles. The smallest absolute Gasteiger partial charge is 0.326 e. The summed E-state index contributed by atoms with van der Waals surface area (Å²) < 4.78 is 0. The molecule has 8 atom stereocenters. The fourth-order valence-electron chi connectivity index (χ4n) is 6.42. The van der Waals surface area contributed by atoms with Gasteiger partial charge >= 0.3 is 11.9 Å². The Bertz CT molecular complexity index is 1890. The lowest BCUT2D eigenvalue weighted by Gasteiger charge is -2.29. The Hall–Kier alpha value is -6.90. The summed E-state index contributed by atoms with van der Waals surface area (Å²) in [5, 5.41) is 36.1. The number of aromatic amines is 1. The first-order chi connectivity index (χ1) is 31.9. The molecule has 1 aromatic rings. The van der Waals surface area contributed by atoms with Crippen LogP contribution in [0, 0.1) is 11.8 Å². The van der Waals surface area contributed by atoms with Crippen molar-refractivity contribution in [1.82, 2.24) is 47.2 Å². The third-order valence-corrected chi connectivity index (χ3v) is 10.1. The summed E-state index contributed by atoms with van der Waals surface area (Å²) in [4.78, 5) is 140. The van der Waals surface area contributed by atoms with Crippen LogP contribution in [0.1, 0.15) is 98.1 Å². The van der Waals surface area contributed by atoms with Crippen molar-refractivity contribution < 1.29 is 58.2 Å². The van der Waals surface area contributed by atoms with Gasteiger partial charge in [0.1, 0.15) is 42.3 Å². The number of carbonyl (C=O) groups excluding carboxylic acids is 8. The molecule has 0 aliphatic heterocycles. The summed E-state index contributed by atoms with van der Waals surface area (Å²) in [5.74, 6) is -10.6. The van der Waals surface area contributed by atoms with Gasteiger partial charge in [0.2, 0.25) is 47.3 Å². The van der Waals surface area contributed by atoms with E-state index in [1.165, 1.54) is 19.4 Å². The number of hydrogen-bond acceptors (Lipinski definition) is 14. The maximum Gasteiger partial charge on any atom is 0.326 e. The number of nitrogens with one attached hydrogen (secondary N) is 8. The van der Waals surface area contributed by atoms with Crippen LogP contribution < -0.4 is 65.9 Å². The van der Waals surface area contributed by atoms with Crippen molar-refractivity contribution in [3.63, 3.8) is 0 Å². The molecule has 27 heteroatoms. The van der Waals surface area contributed by atoms with Crippen molar-refractivity contribution in [2.75, 3.05) is 13.1 Å². The maximum atomic E-state index is 14.2. The Kier molecular flexibility index (Phi) is 26.4. The van der Waals surface area contributed by atoms with Gasteiger partial charge in [-0.2, -0.15) is 0 Å². The minimum absolute atomic E-state index is 0.0393. The number of rotatable bonds is 33. The summed E-state index contributed by atoms with van der Waals surface area (Å²) in [6, 6.07) is -10.8. The quantitative estimate of drug-likeness (QED) is 0.0179. The van der Waals surface area contributed by atoms with Crippen LogP contribution in [0.4, 0.5) is 0 Å². The zero-order valence-corrected chi connectivity index (χ0v) is 39.2. The molecule has 0 saturated heterocycles. The van der Waals surface area contributed by atoms with Crippen LogP contribution in [-0.2, 0) is 54.4 Å². The number of carboxylic acid groups (broad SMARTS) is 2. The van der Waals surface area contributed by atoms with Gasteiger partial charge < -0.3 is 81.1 Å². The van der Waals surface area contributed by atoms with E-state index in [4.69, 9.17) is 33.8 Å². The highest BCUT2D eigenvalue weighted by molar-refractivity contribution is 5.98. The Labute approximate surface area is 393 Å². The Morgan fingerprint density at radius 3 is 1.72 bits per heavy atom. The molecule has 382 valence electrons. The summed E-state index contributed by atoms with van der Waals surface area (Å²) in [5.41, 5.74) is 27.9. The van der Waals surface area contributed by atoms with Crippen molar-refractivity contribution in [2.24, 2.45) is 45.5 Å². The SMILES string of the molecule is CC(C)C[C@H](NC(=O)[C@H](CCCCN)NC(=O)[C@@H](NC(=O)[C@H](Cc1cnc[nH]1)NC(=O)[C@H](CCCN=C(N)N)NC(=O)[C@H](C)NC(=O)[C@@H](N)CCC(=O)O)C(C)C)C(=O)N[C@@H](CC(N)=O)C(=O)O. The predicted molar refractivity (Wildman–Crippen MR) is 245 cm³/mol. The highest BCUT2D eigenvalue weighted by Crippen LogP contribution is 2.12. The number of primary amides is 1. The number of nitrogens with zero attached hydrogens (tertiary/aromatic N) is 2. The lowest BCUT2D eigenvalue weighted by Crippen LogP contribution is -2.61. The van der Waals surface area contributed by atoms with E-state index in [-0.39, 0.29) is 63.5 Å². The van der Waals surface area contributed by atoms with E-state index >= 15 is 0 Å². The van der Waals surface area contributed by atoms with Crippen molar-refractivity contribution in [3.05, 3.63) is 18.2 Å². The number of carbonyl (C=O) groups is 10. The topological polar surface area (TPSA) is 467 Å². The minimum atomic E-state index is -1.67. The Morgan fingerprint density at radius 2 is 1.21 bits per heavy atom. The molecule has 20 N–H and O–H groups in total. The fraction of sp³-hybridized carbons (Fsp3) is 0.659. The molecule has 8 amide bonds. The van der Waals surface area contributed by atoms with Crippen molar-refractivity contribution in [2.45, 2.75) is 147 Å². The molecule has 0 spiro atoms. The number of nitrogens with two attached hydrogens (primary N) is 5. The van der Waals surface area contributed by atoms with Crippen LogP contribution in [0.2, 0.25) is 0 Å². The third kappa shape index (κ3) is 23.0. The average Bonchev–Trinajstić information content (AvgIpc) is 3.76. The lowest BCUT2D eigenvalue weighted by atomic mass is 9.99. The Morgan fingerprint density at radius 1 is 0.662 bits per heavy atom. The molecular formula is C41H71N15O12. The maximum absolute atomic E-state index is 14.2. The zero-order chi connectivity index (χ0) is 51.7. The molecule has 0 aromatic carbocycles. The van der Waals surface area contributed by atoms with Crippen molar-refractivity contribution >= 4 is 65.2 Å². The summed E-state index contributed by atoms with van der Waals surface area (Å²) >= 11 is 0. The molecule has 0 aliphatic rings. The second kappa shape index (κ2) is 30.4. The number of amides is 8. The molecule has 0 aliphatic carbocycles. The number of imidazole rings is 1. The number of aliphatic carboxylic acids is 2. The van der Waals surface area contributed by atoms with Gasteiger partial charge in [-0.3, -0.25) is 48.1 Å². The molecular weight excluding hydrogens is 895 g/mol. The monoisotopic (exact) mass is 966 g/mol. The molecule has 0 fully saturated rings. The van der Waals surface area contributed by atoms with Crippen molar-refractivity contribution in [1.29, 1.82) is 0 Å². The van der Waals surface area contributed by atoms with Crippen LogP contribution in [0.5, 0.6) is 0 Å². The summed E-state index contributed by atoms with van der Waals surface area (Å²) in [6.45, 7) is 8.36. The third-order valence-electron chi connectivity index (χ3n) is 10.1. The van der Waals surface area contributed by atoms with Crippen LogP contribution in [-0.4, -0.2) is 147 Å². The standard InChI is InChI=1S/C41H71N15O12/c1-20(2)15-27(37(64)55-29(40(67)68)17-30(44)57)53-35(62)25(9-6-7-13-42)52-39(66)32(21(3)4)56-38(65)28(16-23-18-47-19-49-23)54-36(63)26(10-8-14-48-41(45)46)51-33(60)22(5)50-34(61)24(43)11-12-31(58)59/h18-22,24-29,32H,6-17,42-43H2,1-5H3,(H2,44,57)(H,47,49)(H,50,61)(H,51,60)(H,52,66)(H,53,62)(H,54,63)(H,55,64)(H,56,65)(H,58,59)(H,67,68)(H4,45,46,48)/t22-,24-,25-,26-,27-,28-,29-,32-/m0/s1. The fourth-order valence-corrected chi connectivity index (χ4v) is 6.42. The van der Waals surface area contributed by atoms with E-state index in [1.807, 2.05) is 0 Å². The van der Waals surface area contributed by atoms with Gasteiger partial charge in [-0.05, 0) is 70.3 Å². The molecule has 0 unspecified atom stereocenters. The van der Waals surface area contributed by atoms with Gasteiger partial charge in [0.15, 0.2) is 5.96 Å². The number of aromatic nitrogens is 2. The predicted octanol–water partition coefficient (Wildman–Crippen LogP) is -4.60. The second-order valence-corrected chi connectivity index (χ2v) is 17.0. The highest BCUT2D eigenvalue weighted by Gasteiger charge is 2.35. The van der Waals surface area contributed by atoms with Gasteiger partial charge in [0.05, 0.1) is 18.8 Å². The van der Waals surface area contributed by atoms with Gasteiger partial charge in [0, 0.05) is 31.3 Å². The lowest BCUT2D eigenvalue weighted by molar-refractivity contribution is -0.144. The molecule has 0 bridgehead atoms. The summed E-state index contributed by atoms with van der Waals surface area (Å²) in [6.07, 6.45) is 2.22. The number of H-pyrrole nitrogens is 1. The number of guanidine groups is 1. The molecule has 1 aromatic heterocycles. The number of unbranched alkanes of at least 4 members (excludes halogenated alkanes) is 1. The normalized spacial score (nSPS) is 14.6. The number of aliphatic imine (C=N–C) groups is 1. The van der Waals surface area contributed by atoms with Crippen LogP contribution in [0.3, 0.4) is 0 Å². The first kappa shape index (κ1) is 59.1. The molecule has 1 rings (SSSR count). The first-order valence-corrected chi connectivity index (χ1v) is 22.2. The van der Waals surface area contributed by atoms with E-state index in [9.17, 15) is 53.1 Å². The summed E-state index contributed by atoms with van der Waals surface area (Å²) in [7, 11) is 0. The van der Waals surface area contributed by atoms with Gasteiger partial charge in [-0.15, -0.1) is 0 Å². The van der Waals surface area contributed by atoms with Gasteiger partial charge in [0.25, 0.3) is 0 Å². The Balaban J connectivity index is 3.44. The van der Waals surface area contributed by atoms with E-state index < -0.39 is 126 Å². The van der Waals surface area contributed by atoms with Crippen LogP contribution in [0.15, 0.2) is 17.5 Å².